The second kappa shape index (κ2) is 8.12. The number of rotatable bonds is 7. The predicted octanol–water partition coefficient (Wildman–Crippen LogP) is 2.22. The average Bonchev–Trinajstić information content (AvgIpc) is 2.39. The SMILES string of the molecule is CCOC(=O)C(C)(CC(C)SC1CCOCC1)NC. The molecular weight excluding hydrogens is 262 g/mol. The lowest BCUT2D eigenvalue weighted by molar-refractivity contribution is -0.150. The molecule has 1 saturated heterocycles. The molecule has 0 aromatic heterocycles. The summed E-state index contributed by atoms with van der Waals surface area (Å²) in [4.78, 5) is 12.0. The molecule has 0 saturated carbocycles. The third kappa shape index (κ3) is 5.32. The number of carbonyl (C=O) groups excluding carboxylic acids is 1. The first-order chi connectivity index (χ1) is 9.01. The van der Waals surface area contributed by atoms with Crippen LogP contribution in [0.15, 0.2) is 0 Å². The first kappa shape index (κ1) is 16.8. The van der Waals surface area contributed by atoms with E-state index in [-0.39, 0.29) is 5.97 Å². The van der Waals surface area contributed by atoms with E-state index in [1.165, 1.54) is 0 Å². The third-order valence-electron chi connectivity index (χ3n) is 3.57. The zero-order valence-electron chi connectivity index (χ0n) is 12.5. The second-order valence-corrected chi connectivity index (χ2v) is 7.01. The Bertz CT molecular complexity index is 282. The molecule has 5 heteroatoms. The van der Waals surface area contributed by atoms with E-state index in [1.54, 1.807) is 0 Å². The Hall–Kier alpha value is -0.260. The highest BCUT2D eigenvalue weighted by Gasteiger charge is 2.35. The van der Waals surface area contributed by atoms with Crippen LogP contribution in [0, 0.1) is 0 Å². The van der Waals surface area contributed by atoms with Gasteiger partial charge >= 0.3 is 5.97 Å². The van der Waals surface area contributed by atoms with Gasteiger partial charge in [-0.15, -0.1) is 0 Å². The van der Waals surface area contributed by atoms with Crippen LogP contribution in [0.4, 0.5) is 0 Å². The maximum atomic E-state index is 12.0. The van der Waals surface area contributed by atoms with Crippen LogP contribution in [0.5, 0.6) is 0 Å². The van der Waals surface area contributed by atoms with Crippen LogP contribution in [0.2, 0.25) is 0 Å². The molecule has 1 heterocycles. The van der Waals surface area contributed by atoms with Crippen LogP contribution in [0.1, 0.15) is 40.0 Å². The van der Waals surface area contributed by atoms with Gasteiger partial charge in [-0.05, 0) is 40.2 Å². The van der Waals surface area contributed by atoms with Gasteiger partial charge in [0.05, 0.1) is 6.61 Å². The Balaban J connectivity index is 2.46. The summed E-state index contributed by atoms with van der Waals surface area (Å²) in [5, 5.41) is 4.20. The van der Waals surface area contributed by atoms with Crippen molar-refractivity contribution in [1.82, 2.24) is 5.32 Å². The molecule has 1 aliphatic rings. The molecule has 2 unspecified atom stereocenters. The lowest BCUT2D eigenvalue weighted by Crippen LogP contribution is -2.50. The second-order valence-electron chi connectivity index (χ2n) is 5.27. The van der Waals surface area contributed by atoms with E-state index >= 15 is 0 Å². The summed E-state index contributed by atoms with van der Waals surface area (Å²) >= 11 is 1.97. The maximum Gasteiger partial charge on any atom is 0.326 e. The highest BCUT2D eigenvalue weighted by atomic mass is 32.2. The van der Waals surface area contributed by atoms with E-state index in [2.05, 4.69) is 12.2 Å². The van der Waals surface area contributed by atoms with Gasteiger partial charge in [-0.2, -0.15) is 11.8 Å². The van der Waals surface area contributed by atoms with Crippen LogP contribution in [-0.4, -0.2) is 48.9 Å². The minimum atomic E-state index is -0.590. The van der Waals surface area contributed by atoms with Crippen molar-refractivity contribution in [1.29, 1.82) is 0 Å². The number of hydrogen-bond donors (Lipinski definition) is 1. The van der Waals surface area contributed by atoms with Gasteiger partial charge in [-0.3, -0.25) is 4.79 Å². The zero-order chi connectivity index (χ0) is 14.3. The van der Waals surface area contributed by atoms with Gasteiger partial charge < -0.3 is 14.8 Å². The van der Waals surface area contributed by atoms with Gasteiger partial charge in [0.2, 0.25) is 0 Å². The van der Waals surface area contributed by atoms with Crippen molar-refractivity contribution in [2.45, 2.75) is 56.1 Å². The molecule has 1 aliphatic heterocycles. The Morgan fingerprint density at radius 3 is 2.68 bits per heavy atom. The summed E-state index contributed by atoms with van der Waals surface area (Å²) in [6, 6.07) is 0. The molecule has 0 aliphatic carbocycles. The normalized spacial score (nSPS) is 21.7. The van der Waals surface area contributed by atoms with E-state index in [4.69, 9.17) is 9.47 Å². The number of esters is 1. The average molecular weight is 289 g/mol. The molecule has 0 amide bonds. The van der Waals surface area contributed by atoms with E-state index in [9.17, 15) is 4.79 Å². The molecule has 0 aromatic rings. The van der Waals surface area contributed by atoms with Crippen molar-refractivity contribution in [3.63, 3.8) is 0 Å². The first-order valence-electron chi connectivity index (χ1n) is 7.11. The molecule has 19 heavy (non-hydrogen) atoms. The van der Waals surface area contributed by atoms with Crippen molar-refractivity contribution < 1.29 is 14.3 Å². The molecule has 1 fully saturated rings. The summed E-state index contributed by atoms with van der Waals surface area (Å²) in [6.07, 6.45) is 3.01. The van der Waals surface area contributed by atoms with Crippen LogP contribution in [-0.2, 0) is 14.3 Å². The summed E-state index contributed by atoms with van der Waals surface area (Å²) in [7, 11) is 1.82. The molecule has 2 atom stereocenters. The lowest BCUT2D eigenvalue weighted by atomic mass is 9.96. The fraction of sp³-hybridized carbons (Fsp3) is 0.929. The molecule has 4 nitrogen and oxygen atoms in total. The van der Waals surface area contributed by atoms with Crippen molar-refractivity contribution in [2.75, 3.05) is 26.9 Å². The largest absolute Gasteiger partial charge is 0.465 e. The van der Waals surface area contributed by atoms with Gasteiger partial charge in [-0.25, -0.2) is 0 Å². The smallest absolute Gasteiger partial charge is 0.326 e. The lowest BCUT2D eigenvalue weighted by Gasteiger charge is -2.31. The van der Waals surface area contributed by atoms with Crippen molar-refractivity contribution in [3.05, 3.63) is 0 Å². The molecule has 1 rings (SSSR count). The summed E-state index contributed by atoms with van der Waals surface area (Å²) in [6.45, 7) is 8.11. The van der Waals surface area contributed by atoms with E-state index < -0.39 is 5.54 Å². The predicted molar refractivity (Wildman–Crippen MR) is 79.6 cm³/mol. The van der Waals surface area contributed by atoms with Crippen LogP contribution in [0.3, 0.4) is 0 Å². The Morgan fingerprint density at radius 1 is 1.53 bits per heavy atom. The number of nitrogens with one attached hydrogen (secondary N) is 1. The summed E-state index contributed by atoms with van der Waals surface area (Å²) in [5.74, 6) is -0.156. The topological polar surface area (TPSA) is 47.6 Å². The first-order valence-corrected chi connectivity index (χ1v) is 8.05. The molecular formula is C14H27NO3S. The number of hydrogen-bond acceptors (Lipinski definition) is 5. The number of likely N-dealkylation sites (N-methyl/N-ethyl adjacent to an activating group) is 1. The Labute approximate surface area is 121 Å². The molecule has 1 N–H and O–H groups in total. The highest BCUT2D eigenvalue weighted by molar-refractivity contribution is 8.00. The Kier molecular flexibility index (Phi) is 7.18. The number of thioether (sulfide) groups is 1. The summed E-state index contributed by atoms with van der Waals surface area (Å²) in [5.41, 5.74) is -0.590. The maximum absolute atomic E-state index is 12.0. The standard InChI is InChI=1S/C14H27NO3S/c1-5-18-13(16)14(3,15-4)10-11(2)19-12-6-8-17-9-7-12/h11-12,15H,5-10H2,1-4H3. The highest BCUT2D eigenvalue weighted by Crippen LogP contribution is 2.30. The van der Waals surface area contributed by atoms with Crippen LogP contribution < -0.4 is 5.32 Å². The van der Waals surface area contributed by atoms with Gasteiger partial charge in [0, 0.05) is 23.7 Å². The number of carbonyl (C=O) groups is 1. The van der Waals surface area contributed by atoms with Gasteiger partial charge in [0.15, 0.2) is 0 Å². The fourth-order valence-electron chi connectivity index (χ4n) is 2.34. The molecule has 0 aromatic carbocycles. The van der Waals surface area contributed by atoms with Crippen LogP contribution >= 0.6 is 11.8 Å². The van der Waals surface area contributed by atoms with Gasteiger partial charge in [0.1, 0.15) is 5.54 Å². The molecule has 0 bridgehead atoms. The molecule has 112 valence electrons. The molecule has 0 radical (unpaired) electrons. The monoisotopic (exact) mass is 289 g/mol. The van der Waals surface area contributed by atoms with Crippen molar-refractivity contribution >= 4 is 17.7 Å². The van der Waals surface area contributed by atoms with Crippen LogP contribution in [0.25, 0.3) is 0 Å². The minimum absolute atomic E-state index is 0.156. The minimum Gasteiger partial charge on any atom is -0.465 e. The van der Waals surface area contributed by atoms with Gasteiger partial charge in [-0.1, -0.05) is 6.92 Å². The number of ether oxygens (including phenoxy) is 2. The van der Waals surface area contributed by atoms with Crippen molar-refractivity contribution in [3.8, 4) is 0 Å². The summed E-state index contributed by atoms with van der Waals surface area (Å²) < 4.78 is 10.5. The van der Waals surface area contributed by atoms with E-state index in [0.717, 1.165) is 32.5 Å². The third-order valence-corrected chi connectivity index (χ3v) is 5.05. The van der Waals surface area contributed by atoms with Crippen molar-refractivity contribution in [2.24, 2.45) is 0 Å². The van der Waals surface area contributed by atoms with E-state index in [1.807, 2.05) is 32.7 Å². The molecule has 0 spiro atoms. The Morgan fingerprint density at radius 2 is 2.16 bits per heavy atom. The van der Waals surface area contributed by atoms with Gasteiger partial charge in [0.25, 0.3) is 0 Å². The fourth-order valence-corrected chi connectivity index (χ4v) is 3.89. The quantitative estimate of drug-likeness (QED) is 0.728. The van der Waals surface area contributed by atoms with E-state index in [0.29, 0.717) is 17.1 Å². The zero-order valence-corrected chi connectivity index (χ0v) is 13.3.